The Labute approximate surface area is 225 Å². The molecule has 0 radical (unpaired) electrons. The summed E-state index contributed by atoms with van der Waals surface area (Å²) in [4.78, 5) is 52.3. The van der Waals surface area contributed by atoms with Crippen LogP contribution >= 0.6 is 15.9 Å². The zero-order chi connectivity index (χ0) is 27.0. The van der Waals surface area contributed by atoms with Crippen LogP contribution in [-0.4, -0.2) is 60.9 Å². The number of anilines is 1. The molecule has 194 valence electrons. The van der Waals surface area contributed by atoms with Crippen molar-refractivity contribution in [3.8, 4) is 11.1 Å². The second-order valence-corrected chi connectivity index (χ2v) is 9.83. The molecule has 3 amide bonds. The van der Waals surface area contributed by atoms with Gasteiger partial charge < -0.3 is 20.5 Å². The van der Waals surface area contributed by atoms with Crippen LogP contribution in [0.4, 0.5) is 10.2 Å². The van der Waals surface area contributed by atoms with Crippen LogP contribution in [0.15, 0.2) is 59.6 Å². The molecule has 38 heavy (non-hydrogen) atoms. The lowest BCUT2D eigenvalue weighted by Gasteiger charge is -2.24. The molecule has 0 unspecified atom stereocenters. The zero-order valence-corrected chi connectivity index (χ0v) is 21.9. The average Bonchev–Trinajstić information content (AvgIpc) is 3.45. The highest BCUT2D eigenvalue weighted by Gasteiger charge is 2.40. The van der Waals surface area contributed by atoms with Crippen molar-refractivity contribution in [2.75, 3.05) is 11.9 Å². The highest BCUT2D eigenvalue weighted by molar-refractivity contribution is 9.10. The molecule has 1 fully saturated rings. The fourth-order valence-electron chi connectivity index (χ4n) is 4.58. The van der Waals surface area contributed by atoms with Crippen molar-refractivity contribution in [3.63, 3.8) is 0 Å². The van der Waals surface area contributed by atoms with Crippen molar-refractivity contribution in [2.45, 2.75) is 32.1 Å². The molecule has 3 aromatic heterocycles. The number of pyridine rings is 1. The van der Waals surface area contributed by atoms with Gasteiger partial charge in [0.05, 0.1) is 12.1 Å². The van der Waals surface area contributed by atoms with Gasteiger partial charge in [-0.05, 0) is 52.7 Å². The van der Waals surface area contributed by atoms with Gasteiger partial charge >= 0.3 is 0 Å². The number of carbonyl (C=O) groups excluding carboxylic acids is 3. The summed E-state index contributed by atoms with van der Waals surface area (Å²) in [5, 5.41) is 3.21. The van der Waals surface area contributed by atoms with E-state index >= 15 is 0 Å². The molecule has 4 heterocycles. The van der Waals surface area contributed by atoms with E-state index in [1.807, 2.05) is 6.07 Å². The maximum absolute atomic E-state index is 14.4. The van der Waals surface area contributed by atoms with E-state index in [2.05, 4.69) is 36.2 Å². The number of carbonyl (C=O) groups is 3. The van der Waals surface area contributed by atoms with E-state index < -0.39 is 29.9 Å². The number of hydrogen-bond acceptors (Lipinski definition) is 6. The topological polar surface area (TPSA) is 136 Å². The number of aromatic nitrogens is 4. The number of likely N-dealkylation sites (tertiary alicyclic amines) is 1. The summed E-state index contributed by atoms with van der Waals surface area (Å²) >= 11 is 3.24. The van der Waals surface area contributed by atoms with E-state index in [4.69, 9.17) is 5.73 Å². The Morgan fingerprint density at radius 3 is 2.63 bits per heavy atom. The third-order valence-electron chi connectivity index (χ3n) is 6.41. The number of fused-ring (bicyclic) bond motifs is 1. The number of nitrogens with two attached hydrogens (primary N) is 1. The van der Waals surface area contributed by atoms with Gasteiger partial charge in [-0.15, -0.1) is 0 Å². The number of rotatable bonds is 6. The molecule has 1 aliphatic heterocycles. The Balaban J connectivity index is 1.41. The van der Waals surface area contributed by atoms with Gasteiger partial charge in [0.1, 0.15) is 35.0 Å². The summed E-state index contributed by atoms with van der Waals surface area (Å²) < 4.78 is 16.5. The molecular formula is C26H23BrFN7O3. The normalized spacial score (nSPS) is 17.1. The second kappa shape index (κ2) is 10.3. The molecule has 12 heteroatoms. The summed E-state index contributed by atoms with van der Waals surface area (Å²) in [6, 6.07) is 9.41. The number of aryl methyl sites for hydroxylation is 1. The zero-order valence-electron chi connectivity index (χ0n) is 20.3. The molecule has 4 aromatic rings. The van der Waals surface area contributed by atoms with Gasteiger partial charge in [-0.25, -0.2) is 19.3 Å². The van der Waals surface area contributed by atoms with Gasteiger partial charge in [-0.1, -0.05) is 12.1 Å². The van der Waals surface area contributed by atoms with Crippen LogP contribution in [0.25, 0.3) is 22.0 Å². The number of nitrogens with one attached hydrogen (secondary N) is 1. The largest absolute Gasteiger partial charge is 0.366 e. The van der Waals surface area contributed by atoms with E-state index in [1.54, 1.807) is 54.2 Å². The van der Waals surface area contributed by atoms with Crippen molar-refractivity contribution < 1.29 is 18.8 Å². The second-order valence-electron chi connectivity index (χ2n) is 9.02. The first-order valence-electron chi connectivity index (χ1n) is 11.8. The molecule has 2 atom stereocenters. The summed E-state index contributed by atoms with van der Waals surface area (Å²) in [6.45, 7) is 1.37. The number of halogens is 2. The molecular weight excluding hydrogens is 557 g/mol. The molecule has 5 rings (SSSR count). The lowest BCUT2D eigenvalue weighted by molar-refractivity contribution is -0.137. The van der Waals surface area contributed by atoms with Gasteiger partial charge in [0.2, 0.25) is 11.8 Å². The van der Waals surface area contributed by atoms with Crippen LogP contribution in [0, 0.1) is 6.92 Å². The van der Waals surface area contributed by atoms with Crippen molar-refractivity contribution in [2.24, 2.45) is 5.73 Å². The molecule has 0 spiro atoms. The lowest BCUT2D eigenvalue weighted by Crippen LogP contribution is -2.44. The van der Waals surface area contributed by atoms with E-state index in [9.17, 15) is 18.8 Å². The number of alkyl halides is 1. The maximum atomic E-state index is 14.4. The number of nitrogens with zero attached hydrogens (tertiary/aromatic N) is 5. The molecule has 1 aromatic carbocycles. The first kappa shape index (κ1) is 25.5. The molecule has 0 aliphatic carbocycles. The minimum absolute atomic E-state index is 0.119. The Kier molecular flexibility index (Phi) is 6.89. The van der Waals surface area contributed by atoms with Crippen LogP contribution in [-0.2, 0) is 16.1 Å². The molecule has 0 saturated carbocycles. The van der Waals surface area contributed by atoms with E-state index in [-0.39, 0.29) is 30.9 Å². The summed E-state index contributed by atoms with van der Waals surface area (Å²) in [5.74, 6) is -0.714. The number of benzene rings is 1. The predicted molar refractivity (Wildman–Crippen MR) is 142 cm³/mol. The minimum atomic E-state index is -1.34. The average molecular weight is 580 g/mol. The fourth-order valence-corrected chi connectivity index (χ4v) is 4.92. The standard InChI is InChI=1S/C26H23BrFN7O3/c1-14-30-9-16(10-31-14)15-5-6-20-18(7-15)19(25(29)37)12-34(20)13-24(36)35-11-17(28)8-21(35)26(38)33-23-4-2-3-22(27)32-23/h2-7,9-10,12,17,21H,8,11,13H2,1H3,(H2,29,37)(H,32,33,38)/t17-,21+/m1/s1. The quantitative estimate of drug-likeness (QED) is 0.336. The molecule has 1 saturated heterocycles. The van der Waals surface area contributed by atoms with E-state index in [0.717, 1.165) is 11.1 Å². The van der Waals surface area contributed by atoms with E-state index in [1.165, 1.54) is 11.1 Å². The van der Waals surface area contributed by atoms with Crippen molar-refractivity contribution in [3.05, 3.63) is 71.0 Å². The molecule has 10 nitrogen and oxygen atoms in total. The highest BCUT2D eigenvalue weighted by atomic mass is 79.9. The molecule has 0 bridgehead atoms. The van der Waals surface area contributed by atoms with Crippen molar-refractivity contribution >= 4 is 50.4 Å². The van der Waals surface area contributed by atoms with Crippen molar-refractivity contribution in [1.29, 1.82) is 0 Å². The summed E-state index contributed by atoms with van der Waals surface area (Å²) in [6.07, 6.45) is 3.41. The smallest absolute Gasteiger partial charge is 0.250 e. The van der Waals surface area contributed by atoms with Crippen LogP contribution in [0.3, 0.4) is 0 Å². The van der Waals surface area contributed by atoms with E-state index in [0.29, 0.717) is 21.3 Å². The molecule has 3 N–H and O–H groups in total. The SMILES string of the molecule is Cc1ncc(-c2ccc3c(c2)c(C(N)=O)cn3CC(=O)N2C[C@H](F)C[C@H]2C(=O)Nc2cccc(Br)n2)cn1. The van der Waals surface area contributed by atoms with Gasteiger partial charge in [-0.3, -0.25) is 14.4 Å². The molecule has 1 aliphatic rings. The summed E-state index contributed by atoms with van der Waals surface area (Å²) in [5.41, 5.74) is 8.01. The Morgan fingerprint density at radius 2 is 1.92 bits per heavy atom. The third-order valence-corrected chi connectivity index (χ3v) is 6.85. The number of hydrogen-bond donors (Lipinski definition) is 2. The fraction of sp³-hybridized carbons (Fsp3) is 0.231. The Hall–Kier alpha value is -4.19. The minimum Gasteiger partial charge on any atom is -0.366 e. The first-order chi connectivity index (χ1) is 18.2. The van der Waals surface area contributed by atoms with Gasteiger partial charge in [0, 0.05) is 41.5 Å². The Bertz CT molecular complexity index is 1560. The highest BCUT2D eigenvalue weighted by Crippen LogP contribution is 2.29. The van der Waals surface area contributed by atoms with Crippen molar-refractivity contribution in [1.82, 2.24) is 24.4 Å². The number of amides is 3. The lowest BCUT2D eigenvalue weighted by atomic mass is 10.0. The Morgan fingerprint density at radius 1 is 1.16 bits per heavy atom. The van der Waals surface area contributed by atoms with Gasteiger partial charge in [0.25, 0.3) is 5.91 Å². The number of primary amides is 1. The summed E-state index contributed by atoms with van der Waals surface area (Å²) in [7, 11) is 0. The van der Waals surface area contributed by atoms with Crippen LogP contribution in [0.5, 0.6) is 0 Å². The third kappa shape index (κ3) is 5.12. The first-order valence-corrected chi connectivity index (χ1v) is 12.6. The maximum Gasteiger partial charge on any atom is 0.250 e. The monoisotopic (exact) mass is 579 g/mol. The van der Waals surface area contributed by atoms with Crippen LogP contribution in [0.1, 0.15) is 22.6 Å². The predicted octanol–water partition coefficient (Wildman–Crippen LogP) is 3.24. The van der Waals surface area contributed by atoms with Crippen LogP contribution in [0.2, 0.25) is 0 Å². The van der Waals surface area contributed by atoms with Crippen LogP contribution < -0.4 is 11.1 Å². The van der Waals surface area contributed by atoms with Gasteiger partial charge in [-0.2, -0.15) is 0 Å². The van der Waals surface area contributed by atoms with Gasteiger partial charge in [0.15, 0.2) is 0 Å².